The molecule has 0 radical (unpaired) electrons. The molecule has 0 saturated heterocycles. The minimum absolute atomic E-state index is 0.0159. The van der Waals surface area contributed by atoms with E-state index in [4.69, 9.17) is 5.11 Å². The predicted octanol–water partition coefficient (Wildman–Crippen LogP) is 2.13. The van der Waals surface area contributed by atoms with Gasteiger partial charge in [-0.05, 0) is 30.3 Å². The first-order valence-electron chi connectivity index (χ1n) is 6.10. The summed E-state index contributed by atoms with van der Waals surface area (Å²) in [4.78, 5) is 11.9. The zero-order chi connectivity index (χ0) is 15.2. The molecule has 0 spiro atoms. The van der Waals surface area contributed by atoms with E-state index in [2.05, 4.69) is 17.2 Å². The molecular weight excluding hydrogens is 273 g/mol. The van der Waals surface area contributed by atoms with Crippen LogP contribution in [-0.4, -0.2) is 22.7 Å². The molecule has 0 bridgehead atoms. The van der Waals surface area contributed by atoms with Crippen LogP contribution in [0.4, 0.5) is 10.1 Å². The Balaban J connectivity index is 2.20. The average molecular weight is 285 g/mol. The Labute approximate surface area is 120 Å². The number of aromatic hydroxyl groups is 1. The van der Waals surface area contributed by atoms with E-state index in [1.165, 1.54) is 24.3 Å². The van der Waals surface area contributed by atoms with Gasteiger partial charge in [0.05, 0.1) is 11.3 Å². The van der Waals surface area contributed by atoms with E-state index in [1.807, 2.05) is 0 Å². The first-order chi connectivity index (χ1) is 10.1. The van der Waals surface area contributed by atoms with Crippen LogP contribution >= 0.6 is 0 Å². The second-order valence-electron chi connectivity index (χ2n) is 4.13. The summed E-state index contributed by atoms with van der Waals surface area (Å²) in [6, 6.07) is 10.0. The van der Waals surface area contributed by atoms with Crippen LogP contribution in [0.3, 0.4) is 0 Å². The van der Waals surface area contributed by atoms with Crippen molar-refractivity contribution in [3.8, 4) is 17.6 Å². The first-order valence-corrected chi connectivity index (χ1v) is 6.10. The summed E-state index contributed by atoms with van der Waals surface area (Å²) < 4.78 is 13.8. The number of aliphatic hydroxyl groups excluding tert-OH is 1. The number of aliphatic hydroxyl groups is 1. The number of halogens is 1. The van der Waals surface area contributed by atoms with E-state index in [0.717, 1.165) is 6.07 Å². The lowest BCUT2D eigenvalue weighted by Crippen LogP contribution is -2.13. The Kier molecular flexibility index (Phi) is 4.54. The summed E-state index contributed by atoms with van der Waals surface area (Å²) in [7, 11) is 0. The largest absolute Gasteiger partial charge is 0.507 e. The van der Waals surface area contributed by atoms with E-state index in [-0.39, 0.29) is 23.6 Å². The molecule has 0 aliphatic rings. The van der Waals surface area contributed by atoms with E-state index in [9.17, 15) is 14.3 Å². The Bertz CT molecular complexity index is 732. The van der Waals surface area contributed by atoms with E-state index >= 15 is 0 Å². The summed E-state index contributed by atoms with van der Waals surface area (Å²) in [6.07, 6.45) is 0. The molecular formula is C16H12FNO3. The monoisotopic (exact) mass is 285 g/mol. The highest BCUT2D eigenvalue weighted by atomic mass is 19.1. The fourth-order valence-corrected chi connectivity index (χ4v) is 1.69. The summed E-state index contributed by atoms with van der Waals surface area (Å²) in [5.41, 5.74) is 0.431. The number of hydrogen-bond donors (Lipinski definition) is 3. The summed E-state index contributed by atoms with van der Waals surface area (Å²) in [5.74, 6) is 3.53. The highest BCUT2D eigenvalue weighted by molar-refractivity contribution is 6.06. The standard InChI is InChI=1S/C16H12FNO3/c17-13-10-11(4-3-9-19)7-8-14(13)18-16(21)12-5-1-2-6-15(12)20/h1-2,5-8,10,19-20H,9H2,(H,18,21). The lowest BCUT2D eigenvalue weighted by Gasteiger charge is -2.08. The van der Waals surface area contributed by atoms with Gasteiger partial charge < -0.3 is 15.5 Å². The molecule has 0 heterocycles. The third kappa shape index (κ3) is 3.59. The van der Waals surface area contributed by atoms with Gasteiger partial charge in [-0.2, -0.15) is 0 Å². The zero-order valence-electron chi connectivity index (χ0n) is 10.9. The number of benzene rings is 2. The molecule has 0 aromatic heterocycles. The van der Waals surface area contributed by atoms with Crippen LogP contribution in [0, 0.1) is 17.7 Å². The van der Waals surface area contributed by atoms with Gasteiger partial charge >= 0.3 is 0 Å². The summed E-state index contributed by atoms with van der Waals surface area (Å²) in [6.45, 7) is -0.312. The molecule has 21 heavy (non-hydrogen) atoms. The maximum atomic E-state index is 13.8. The van der Waals surface area contributed by atoms with Crippen molar-refractivity contribution < 1.29 is 19.4 Å². The maximum Gasteiger partial charge on any atom is 0.259 e. The van der Waals surface area contributed by atoms with Crippen molar-refractivity contribution in [3.05, 3.63) is 59.4 Å². The molecule has 2 rings (SSSR count). The lowest BCUT2D eigenvalue weighted by atomic mass is 10.1. The Hall–Kier alpha value is -2.84. The molecule has 0 unspecified atom stereocenters. The third-order valence-electron chi connectivity index (χ3n) is 2.68. The third-order valence-corrected chi connectivity index (χ3v) is 2.68. The quantitative estimate of drug-likeness (QED) is 0.740. The molecule has 4 nitrogen and oxygen atoms in total. The Morgan fingerprint density at radius 3 is 2.67 bits per heavy atom. The molecule has 5 heteroatoms. The summed E-state index contributed by atoms with van der Waals surface area (Å²) in [5, 5.41) is 20.5. The van der Waals surface area contributed by atoms with E-state index in [0.29, 0.717) is 5.56 Å². The van der Waals surface area contributed by atoms with Crippen LogP contribution in [0.5, 0.6) is 5.75 Å². The number of phenols is 1. The van der Waals surface area contributed by atoms with Crippen LogP contribution in [0.2, 0.25) is 0 Å². The Morgan fingerprint density at radius 1 is 1.24 bits per heavy atom. The Morgan fingerprint density at radius 2 is 2.00 bits per heavy atom. The molecule has 0 aliphatic carbocycles. The number of anilines is 1. The highest BCUT2D eigenvalue weighted by Gasteiger charge is 2.12. The molecule has 3 N–H and O–H groups in total. The number of nitrogens with one attached hydrogen (secondary N) is 1. The van der Waals surface area contributed by atoms with Crippen molar-refractivity contribution in [2.75, 3.05) is 11.9 Å². The number of para-hydroxylation sites is 1. The fraction of sp³-hybridized carbons (Fsp3) is 0.0625. The number of carbonyl (C=O) groups is 1. The second-order valence-corrected chi connectivity index (χ2v) is 4.13. The van der Waals surface area contributed by atoms with E-state index < -0.39 is 11.7 Å². The van der Waals surface area contributed by atoms with Gasteiger partial charge in [0.1, 0.15) is 18.2 Å². The van der Waals surface area contributed by atoms with Crippen LogP contribution < -0.4 is 5.32 Å². The minimum Gasteiger partial charge on any atom is -0.507 e. The van der Waals surface area contributed by atoms with Gasteiger partial charge in [0.25, 0.3) is 5.91 Å². The first kappa shape index (κ1) is 14.6. The van der Waals surface area contributed by atoms with Gasteiger partial charge in [-0.25, -0.2) is 4.39 Å². The van der Waals surface area contributed by atoms with Crippen LogP contribution in [0.25, 0.3) is 0 Å². The number of hydrogen-bond acceptors (Lipinski definition) is 3. The topological polar surface area (TPSA) is 69.6 Å². The van der Waals surface area contributed by atoms with Gasteiger partial charge in [-0.1, -0.05) is 24.0 Å². The molecule has 2 aromatic carbocycles. The molecule has 2 aromatic rings. The van der Waals surface area contributed by atoms with Crippen LogP contribution in [0.1, 0.15) is 15.9 Å². The van der Waals surface area contributed by atoms with Gasteiger partial charge in [0.2, 0.25) is 0 Å². The predicted molar refractivity (Wildman–Crippen MR) is 76.4 cm³/mol. The second kappa shape index (κ2) is 6.55. The maximum absolute atomic E-state index is 13.8. The van der Waals surface area contributed by atoms with Crippen molar-refractivity contribution in [2.24, 2.45) is 0 Å². The van der Waals surface area contributed by atoms with Crippen LogP contribution in [0.15, 0.2) is 42.5 Å². The smallest absolute Gasteiger partial charge is 0.259 e. The van der Waals surface area contributed by atoms with Gasteiger partial charge in [-0.15, -0.1) is 0 Å². The van der Waals surface area contributed by atoms with Gasteiger partial charge in [0.15, 0.2) is 0 Å². The highest BCUT2D eigenvalue weighted by Crippen LogP contribution is 2.20. The van der Waals surface area contributed by atoms with Gasteiger partial charge in [-0.3, -0.25) is 4.79 Å². The SMILES string of the molecule is O=C(Nc1ccc(C#CCO)cc1F)c1ccccc1O. The average Bonchev–Trinajstić information content (AvgIpc) is 2.48. The number of carbonyl (C=O) groups excluding carboxylic acids is 1. The van der Waals surface area contributed by atoms with Crippen molar-refractivity contribution in [1.29, 1.82) is 0 Å². The number of phenolic OH excluding ortho intramolecular Hbond substituents is 1. The van der Waals surface area contributed by atoms with Crippen molar-refractivity contribution >= 4 is 11.6 Å². The lowest BCUT2D eigenvalue weighted by molar-refractivity contribution is 0.102. The normalized spacial score (nSPS) is 9.62. The van der Waals surface area contributed by atoms with Gasteiger partial charge in [0, 0.05) is 5.56 Å². The zero-order valence-corrected chi connectivity index (χ0v) is 10.9. The summed E-state index contributed by atoms with van der Waals surface area (Å²) >= 11 is 0. The number of amides is 1. The molecule has 0 aliphatic heterocycles. The molecule has 1 amide bonds. The molecule has 0 fully saturated rings. The molecule has 0 saturated carbocycles. The number of rotatable bonds is 2. The van der Waals surface area contributed by atoms with Crippen molar-refractivity contribution in [2.45, 2.75) is 0 Å². The molecule has 0 atom stereocenters. The fourth-order valence-electron chi connectivity index (χ4n) is 1.69. The van der Waals surface area contributed by atoms with Crippen molar-refractivity contribution in [3.63, 3.8) is 0 Å². The van der Waals surface area contributed by atoms with Crippen LogP contribution in [-0.2, 0) is 0 Å². The van der Waals surface area contributed by atoms with Crippen molar-refractivity contribution in [1.82, 2.24) is 0 Å². The van der Waals surface area contributed by atoms with E-state index in [1.54, 1.807) is 12.1 Å². The molecule has 106 valence electrons. The minimum atomic E-state index is -0.650.